The second kappa shape index (κ2) is 7.43. The molecule has 4 heteroatoms. The summed E-state index contributed by atoms with van der Waals surface area (Å²) in [5, 5.41) is 0. The summed E-state index contributed by atoms with van der Waals surface area (Å²) in [5.41, 5.74) is 1.41. The van der Waals surface area contributed by atoms with Gasteiger partial charge in [-0.25, -0.2) is 0 Å². The van der Waals surface area contributed by atoms with Crippen LogP contribution in [0.15, 0.2) is 28.7 Å². The van der Waals surface area contributed by atoms with Crippen LogP contribution in [-0.2, 0) is 11.3 Å². The van der Waals surface area contributed by atoms with Crippen molar-refractivity contribution in [3.63, 3.8) is 0 Å². The molecule has 0 aliphatic carbocycles. The molecule has 0 unspecified atom stereocenters. The lowest BCUT2D eigenvalue weighted by Gasteiger charge is -2.43. The molecule has 0 spiro atoms. The number of ether oxygens (including phenoxy) is 1. The highest BCUT2D eigenvalue weighted by molar-refractivity contribution is 9.10. The molecular weight excluding hydrogens is 340 g/mol. The molecule has 3 nitrogen and oxygen atoms in total. The highest BCUT2D eigenvalue weighted by atomic mass is 79.9. The van der Waals surface area contributed by atoms with Crippen molar-refractivity contribution in [1.29, 1.82) is 0 Å². The lowest BCUT2D eigenvalue weighted by molar-refractivity contribution is -0.0865. The molecule has 2 heterocycles. The van der Waals surface area contributed by atoms with Crippen LogP contribution >= 0.6 is 15.9 Å². The van der Waals surface area contributed by atoms with Crippen LogP contribution in [0.4, 0.5) is 0 Å². The Morgan fingerprint density at radius 3 is 2.23 bits per heavy atom. The van der Waals surface area contributed by atoms with Crippen LogP contribution in [0.25, 0.3) is 0 Å². The molecule has 3 rings (SSSR count). The van der Waals surface area contributed by atoms with Crippen molar-refractivity contribution in [3.05, 3.63) is 34.3 Å². The third kappa shape index (κ3) is 4.31. The van der Waals surface area contributed by atoms with Crippen molar-refractivity contribution < 1.29 is 4.74 Å². The third-order valence-electron chi connectivity index (χ3n) is 4.84. The van der Waals surface area contributed by atoms with E-state index in [0.717, 1.165) is 30.1 Å². The van der Waals surface area contributed by atoms with Crippen LogP contribution < -0.4 is 0 Å². The Hall–Kier alpha value is -0.420. The summed E-state index contributed by atoms with van der Waals surface area (Å²) in [6.07, 6.45) is 3.33. The van der Waals surface area contributed by atoms with Gasteiger partial charge >= 0.3 is 0 Å². The number of rotatable bonds is 3. The maximum Gasteiger partial charge on any atom is 0.0678 e. The van der Waals surface area contributed by atoms with E-state index in [0.29, 0.717) is 12.2 Å². The molecular formula is C18H27BrN2O. The number of hydrogen-bond acceptors (Lipinski definition) is 3. The molecule has 0 amide bonds. The lowest BCUT2D eigenvalue weighted by atomic mass is 10.0. The van der Waals surface area contributed by atoms with E-state index in [4.69, 9.17) is 4.74 Å². The smallest absolute Gasteiger partial charge is 0.0678 e. The van der Waals surface area contributed by atoms with Gasteiger partial charge in [0.25, 0.3) is 0 Å². The van der Waals surface area contributed by atoms with Gasteiger partial charge in [0.15, 0.2) is 0 Å². The van der Waals surface area contributed by atoms with Gasteiger partial charge in [-0.3, -0.25) is 9.80 Å². The molecule has 0 N–H and O–H groups in total. The van der Waals surface area contributed by atoms with E-state index in [-0.39, 0.29) is 0 Å². The monoisotopic (exact) mass is 366 g/mol. The molecule has 0 saturated carbocycles. The van der Waals surface area contributed by atoms with Crippen molar-refractivity contribution in [2.75, 3.05) is 26.2 Å². The van der Waals surface area contributed by atoms with Crippen LogP contribution in [0.3, 0.4) is 0 Å². The predicted octanol–water partition coefficient (Wildman–Crippen LogP) is 3.52. The summed E-state index contributed by atoms with van der Waals surface area (Å²) in [4.78, 5) is 5.25. The molecule has 0 bridgehead atoms. The van der Waals surface area contributed by atoms with Gasteiger partial charge in [-0.05, 0) is 57.5 Å². The average Bonchev–Trinajstić information content (AvgIpc) is 2.49. The van der Waals surface area contributed by atoms with Crippen LogP contribution in [-0.4, -0.2) is 54.2 Å². The Morgan fingerprint density at radius 2 is 1.64 bits per heavy atom. The number of morpholine rings is 1. The molecule has 0 radical (unpaired) electrons. The molecule has 2 aliphatic rings. The zero-order valence-corrected chi connectivity index (χ0v) is 15.3. The van der Waals surface area contributed by atoms with Gasteiger partial charge in [-0.1, -0.05) is 28.1 Å². The Morgan fingerprint density at radius 1 is 1.05 bits per heavy atom. The van der Waals surface area contributed by atoms with E-state index in [1.165, 1.54) is 31.5 Å². The summed E-state index contributed by atoms with van der Waals surface area (Å²) in [6, 6.07) is 9.47. The molecule has 1 aromatic carbocycles. The minimum Gasteiger partial charge on any atom is -0.373 e. The molecule has 2 aliphatic heterocycles. The van der Waals surface area contributed by atoms with E-state index in [9.17, 15) is 0 Å². The van der Waals surface area contributed by atoms with E-state index in [1.807, 2.05) is 0 Å². The number of benzene rings is 1. The van der Waals surface area contributed by atoms with E-state index >= 15 is 0 Å². The topological polar surface area (TPSA) is 15.7 Å². The number of likely N-dealkylation sites (tertiary alicyclic amines) is 1. The molecule has 0 aromatic heterocycles. The molecule has 122 valence electrons. The minimum atomic E-state index is 0.379. The summed E-state index contributed by atoms with van der Waals surface area (Å²) in [5.74, 6) is 0. The fourth-order valence-corrected chi connectivity index (χ4v) is 4.07. The first kappa shape index (κ1) is 16.4. The zero-order chi connectivity index (χ0) is 15.5. The van der Waals surface area contributed by atoms with Gasteiger partial charge in [0, 0.05) is 30.1 Å². The van der Waals surface area contributed by atoms with Gasteiger partial charge in [0.05, 0.1) is 12.2 Å². The predicted molar refractivity (Wildman–Crippen MR) is 94.0 cm³/mol. The largest absolute Gasteiger partial charge is 0.373 e. The quantitative estimate of drug-likeness (QED) is 0.813. The molecule has 2 saturated heterocycles. The van der Waals surface area contributed by atoms with Crippen molar-refractivity contribution in [2.24, 2.45) is 0 Å². The Balaban J connectivity index is 1.48. The standard InChI is InChI=1S/C18H27BrN2O/c1-14-11-21(12-15(2)22-14)18-7-9-20(10-8-18)13-16-3-5-17(19)6-4-16/h3-6,14-15,18H,7-13H2,1-2H3/t14-,15-/m1/s1. The third-order valence-corrected chi connectivity index (χ3v) is 5.37. The summed E-state index contributed by atoms with van der Waals surface area (Å²) >= 11 is 3.50. The molecule has 2 fully saturated rings. The number of piperidine rings is 1. The van der Waals surface area contributed by atoms with E-state index in [2.05, 4.69) is 63.8 Å². The SMILES string of the molecule is C[C@@H]1CN(C2CCN(Cc3ccc(Br)cc3)CC2)C[C@@H](C)O1. The van der Waals surface area contributed by atoms with Crippen LogP contribution in [0.2, 0.25) is 0 Å². The van der Waals surface area contributed by atoms with Crippen LogP contribution in [0.1, 0.15) is 32.3 Å². The first-order valence-electron chi connectivity index (χ1n) is 8.46. The van der Waals surface area contributed by atoms with Crippen molar-refractivity contribution in [1.82, 2.24) is 9.80 Å². The highest BCUT2D eigenvalue weighted by Gasteiger charge is 2.30. The second-order valence-electron chi connectivity index (χ2n) is 6.85. The number of halogens is 1. The van der Waals surface area contributed by atoms with E-state index < -0.39 is 0 Å². The Bertz CT molecular complexity index is 460. The van der Waals surface area contributed by atoms with Crippen LogP contribution in [0.5, 0.6) is 0 Å². The Labute approximate surface area is 142 Å². The fraction of sp³-hybridized carbons (Fsp3) is 0.667. The molecule has 1 aromatic rings. The lowest BCUT2D eigenvalue weighted by Crippen LogP contribution is -2.53. The highest BCUT2D eigenvalue weighted by Crippen LogP contribution is 2.22. The molecule has 2 atom stereocenters. The van der Waals surface area contributed by atoms with Crippen molar-refractivity contribution in [3.8, 4) is 0 Å². The first-order chi connectivity index (χ1) is 10.6. The first-order valence-corrected chi connectivity index (χ1v) is 9.26. The normalized spacial score (nSPS) is 28.9. The van der Waals surface area contributed by atoms with Crippen molar-refractivity contribution >= 4 is 15.9 Å². The fourth-order valence-electron chi connectivity index (χ4n) is 3.81. The van der Waals surface area contributed by atoms with Crippen LogP contribution in [0, 0.1) is 0 Å². The summed E-state index contributed by atoms with van der Waals surface area (Å²) in [6.45, 7) is 10.1. The second-order valence-corrected chi connectivity index (χ2v) is 7.76. The molecule has 22 heavy (non-hydrogen) atoms. The van der Waals surface area contributed by atoms with Gasteiger partial charge in [-0.2, -0.15) is 0 Å². The number of nitrogens with zero attached hydrogens (tertiary/aromatic N) is 2. The Kier molecular flexibility index (Phi) is 5.55. The van der Waals surface area contributed by atoms with E-state index in [1.54, 1.807) is 0 Å². The number of hydrogen-bond donors (Lipinski definition) is 0. The zero-order valence-electron chi connectivity index (χ0n) is 13.7. The summed E-state index contributed by atoms with van der Waals surface area (Å²) in [7, 11) is 0. The van der Waals surface area contributed by atoms with Gasteiger partial charge in [-0.15, -0.1) is 0 Å². The van der Waals surface area contributed by atoms with Gasteiger partial charge in [0.2, 0.25) is 0 Å². The summed E-state index contributed by atoms with van der Waals surface area (Å²) < 4.78 is 7.02. The average molecular weight is 367 g/mol. The maximum absolute atomic E-state index is 5.86. The van der Waals surface area contributed by atoms with Gasteiger partial charge in [0.1, 0.15) is 0 Å². The van der Waals surface area contributed by atoms with Crippen molar-refractivity contribution in [2.45, 2.75) is 51.5 Å². The maximum atomic E-state index is 5.86. The minimum absolute atomic E-state index is 0.379. The van der Waals surface area contributed by atoms with Gasteiger partial charge < -0.3 is 4.74 Å².